The van der Waals surface area contributed by atoms with E-state index >= 15 is 0 Å². The summed E-state index contributed by atoms with van der Waals surface area (Å²) in [5.74, 6) is 0.0128. The number of imidazole rings is 3. The van der Waals surface area contributed by atoms with Crippen LogP contribution < -0.4 is 31.9 Å². The molecule has 0 aliphatic carbocycles. The average molecular weight is 971 g/mol. The maximum absolute atomic E-state index is 13.5. The average Bonchev–Trinajstić information content (AvgIpc) is 4.11. The lowest BCUT2D eigenvalue weighted by Crippen LogP contribution is -2.36. The highest BCUT2D eigenvalue weighted by Gasteiger charge is 2.49. The van der Waals surface area contributed by atoms with Gasteiger partial charge in [-0.05, 0) is 0 Å². The number of anilines is 3. The van der Waals surface area contributed by atoms with Crippen LogP contribution in [-0.2, 0) is 50.5 Å². The molecule has 0 saturated carbocycles. The van der Waals surface area contributed by atoms with E-state index in [1.54, 1.807) is 0 Å². The first-order chi connectivity index (χ1) is 30.8. The van der Waals surface area contributed by atoms with Crippen LogP contribution in [0.1, 0.15) is 31.5 Å². The fourth-order valence-electron chi connectivity index (χ4n) is 7.50. The maximum Gasteiger partial charge on any atom is 0.268 e. The lowest BCUT2D eigenvalue weighted by Gasteiger charge is -2.30. The summed E-state index contributed by atoms with van der Waals surface area (Å²) in [4.78, 5) is 83.7. The number of nitrogens with zero attached hydrogens (tertiary/aromatic N) is 12. The zero-order valence-corrected chi connectivity index (χ0v) is 35.5. The van der Waals surface area contributed by atoms with Crippen LogP contribution in [0.15, 0.2) is 38.0 Å². The lowest BCUT2D eigenvalue weighted by atomic mass is 10.1. The van der Waals surface area contributed by atoms with Crippen molar-refractivity contribution in [3.63, 3.8) is 0 Å². The van der Waals surface area contributed by atoms with Crippen molar-refractivity contribution in [1.29, 1.82) is 0 Å². The summed E-state index contributed by atoms with van der Waals surface area (Å²) in [6.45, 7) is -2.41. The Kier molecular flexibility index (Phi) is 12.2. The molecule has 3 saturated heterocycles. The first kappa shape index (κ1) is 45.3. The van der Waals surface area contributed by atoms with Crippen LogP contribution in [0.3, 0.4) is 0 Å². The first-order valence-electron chi connectivity index (χ1n) is 18.9. The molecule has 0 bridgehead atoms. The first-order valence-corrected chi connectivity index (χ1v) is 23.3. The number of aliphatic hydroxyl groups is 2. The Balaban J connectivity index is 0.893. The molecule has 0 aromatic carbocycles. The van der Waals surface area contributed by atoms with Gasteiger partial charge in [0.15, 0.2) is 53.1 Å². The Hall–Kier alpha value is -4.82. The zero-order valence-electron chi connectivity index (χ0n) is 32.8. The van der Waals surface area contributed by atoms with E-state index in [1.165, 1.54) is 28.1 Å². The van der Waals surface area contributed by atoms with Gasteiger partial charge >= 0.3 is 0 Å². The standard InChI is InChI=1S/C30H38N15O17P3/c31-22-17-25(37-6-34-22)43(9-40-17)28-14(46)1-12(58-28)3-56-64(51,52)61-15-2-13(59-29(15)44-10-41-18-23(32)35-7-38-26(18)44)4-57-65(53,54)62-21-20(47)16(5-55-63(48,49)50)60-30(21)45-11-42-19-24(33)36-8-39-27(19)45/h6-16,20-21,28-30,46-47H,1-5H2,(H,51,52)(H,53,54)(H2,31,34,37)(H2,32,35,38)(H2,33,36,39)(H2,48,49,50)/p-3/t12-,13-,14+,15+,16+,20+,21+,28+,29+,30+/m0/s1. The van der Waals surface area contributed by atoms with Crippen LogP contribution in [0.4, 0.5) is 17.5 Å². The molecule has 350 valence electrons. The van der Waals surface area contributed by atoms with Gasteiger partial charge in [0, 0.05) is 12.8 Å². The zero-order chi connectivity index (χ0) is 46.0. The second-order valence-electron chi connectivity index (χ2n) is 14.6. The Morgan fingerprint density at radius 1 is 0.615 bits per heavy atom. The molecule has 3 aliphatic heterocycles. The monoisotopic (exact) mass is 970 g/mol. The topological polar surface area (TPSA) is 464 Å². The summed E-state index contributed by atoms with van der Waals surface area (Å²) in [6.07, 6.45) is -7.67. The quantitative estimate of drug-likeness (QED) is 0.0516. The molecular formula is C30H35N15O17P3-3. The minimum absolute atomic E-state index is 0.000523. The second kappa shape index (κ2) is 17.4. The Morgan fingerprint density at radius 3 is 1.60 bits per heavy atom. The third kappa shape index (κ3) is 9.31. The van der Waals surface area contributed by atoms with Crippen molar-refractivity contribution >= 4 is 74.4 Å². The van der Waals surface area contributed by atoms with E-state index in [1.807, 2.05) is 0 Å². The summed E-state index contributed by atoms with van der Waals surface area (Å²) >= 11 is 0. The van der Waals surface area contributed by atoms with E-state index in [0.717, 1.165) is 23.5 Å². The minimum Gasteiger partial charge on any atom is -0.756 e. The normalized spacial score (nSPS) is 30.0. The number of hydrogen-bond acceptors (Lipinski definition) is 28. The number of nitrogen functional groups attached to an aromatic ring is 3. The molecule has 9 N–H and O–H groups in total. The summed E-state index contributed by atoms with van der Waals surface area (Å²) in [5, 5.41) is 21.9. The van der Waals surface area contributed by atoms with Crippen molar-refractivity contribution in [2.45, 2.75) is 74.3 Å². The molecular weight excluding hydrogens is 935 g/mol. The molecule has 0 radical (unpaired) electrons. The van der Waals surface area contributed by atoms with Gasteiger partial charge < -0.3 is 83.8 Å². The molecule has 6 aromatic rings. The van der Waals surface area contributed by atoms with Crippen LogP contribution in [0.2, 0.25) is 0 Å². The molecule has 6 aromatic heterocycles. The molecule has 13 atom stereocenters. The van der Waals surface area contributed by atoms with Crippen LogP contribution in [-0.4, -0.2) is 136 Å². The van der Waals surface area contributed by atoms with Gasteiger partial charge in [0.05, 0.1) is 51.0 Å². The van der Waals surface area contributed by atoms with Crippen molar-refractivity contribution in [3.8, 4) is 0 Å². The van der Waals surface area contributed by atoms with Crippen molar-refractivity contribution in [2.75, 3.05) is 37.0 Å². The van der Waals surface area contributed by atoms with Crippen LogP contribution in [0.5, 0.6) is 0 Å². The third-order valence-electron chi connectivity index (χ3n) is 10.4. The number of fused-ring (bicyclic) bond motifs is 3. The lowest BCUT2D eigenvalue weighted by molar-refractivity contribution is -0.237. The fraction of sp³-hybridized carbons (Fsp3) is 0.500. The SMILES string of the molecule is Nc1ncnc2c1ncn2[C@@H]1O[C@H](COP(=O)([O-])O)[C@@H](O)[C@H]1OP(=O)([O-])OC[C@@H]1C[C@@H](OP(=O)([O-])OC[C@@H]2C[C@@H](O)[C@H](n3cnc4c(N)ncnc43)O2)[C@H](n2cnc3c(N)ncnc32)O1. The molecule has 3 aliphatic rings. The predicted octanol–water partition coefficient (Wildman–Crippen LogP) is -3.34. The number of nitrogens with two attached hydrogens (primary N) is 3. The number of aromatic nitrogens is 12. The van der Waals surface area contributed by atoms with E-state index in [4.69, 9.17) is 54.4 Å². The number of phosphoric acid groups is 3. The van der Waals surface area contributed by atoms with Gasteiger partial charge in [0.2, 0.25) is 0 Å². The molecule has 65 heavy (non-hydrogen) atoms. The highest BCUT2D eigenvalue weighted by atomic mass is 31.2. The number of aliphatic hydroxyl groups excluding tert-OH is 2. The van der Waals surface area contributed by atoms with Gasteiger partial charge in [-0.3, -0.25) is 27.4 Å². The number of ether oxygens (including phenoxy) is 3. The van der Waals surface area contributed by atoms with E-state index in [2.05, 4.69) is 49.4 Å². The smallest absolute Gasteiger partial charge is 0.268 e. The molecule has 9 heterocycles. The molecule has 35 heteroatoms. The molecule has 3 unspecified atom stereocenters. The molecule has 0 amide bonds. The van der Waals surface area contributed by atoms with Gasteiger partial charge in [-0.25, -0.2) is 44.9 Å². The maximum atomic E-state index is 13.5. The summed E-state index contributed by atoms with van der Waals surface area (Å²) < 4.78 is 85.3. The number of phosphoric ester groups is 3. The number of rotatable bonds is 16. The third-order valence-corrected chi connectivity index (χ3v) is 12.8. The molecule has 32 nitrogen and oxygen atoms in total. The van der Waals surface area contributed by atoms with Gasteiger partial charge in [-0.2, -0.15) is 0 Å². The summed E-state index contributed by atoms with van der Waals surface area (Å²) in [6, 6.07) is 0. The van der Waals surface area contributed by atoms with E-state index in [-0.39, 0.29) is 63.8 Å². The Morgan fingerprint density at radius 2 is 1.08 bits per heavy atom. The van der Waals surface area contributed by atoms with Crippen LogP contribution >= 0.6 is 23.5 Å². The van der Waals surface area contributed by atoms with Gasteiger partial charge in [-0.15, -0.1) is 0 Å². The second-order valence-corrected chi connectivity index (χ2v) is 18.5. The Bertz CT molecular complexity index is 2870. The van der Waals surface area contributed by atoms with Crippen LogP contribution in [0.25, 0.3) is 33.5 Å². The van der Waals surface area contributed by atoms with Crippen molar-refractivity contribution in [2.24, 2.45) is 0 Å². The van der Waals surface area contributed by atoms with E-state index in [0.29, 0.717) is 0 Å². The van der Waals surface area contributed by atoms with E-state index < -0.39 is 105 Å². The molecule has 0 spiro atoms. The highest BCUT2D eigenvalue weighted by Crippen LogP contribution is 2.50. The largest absolute Gasteiger partial charge is 0.756 e. The van der Waals surface area contributed by atoms with Gasteiger partial charge in [-0.1, -0.05) is 0 Å². The van der Waals surface area contributed by atoms with Crippen LogP contribution in [0, 0.1) is 0 Å². The Labute approximate surface area is 362 Å². The summed E-state index contributed by atoms with van der Waals surface area (Å²) in [5.41, 5.74) is 18.5. The van der Waals surface area contributed by atoms with Crippen molar-refractivity contribution in [1.82, 2.24) is 58.6 Å². The van der Waals surface area contributed by atoms with Crippen molar-refractivity contribution < 1.29 is 80.3 Å². The van der Waals surface area contributed by atoms with E-state index in [9.17, 15) is 38.6 Å². The molecule has 9 rings (SSSR count). The summed E-state index contributed by atoms with van der Waals surface area (Å²) in [7, 11) is -16.1. The molecule has 3 fully saturated rings. The minimum atomic E-state index is -5.53. The number of hydrogen-bond donors (Lipinski definition) is 6. The predicted molar refractivity (Wildman–Crippen MR) is 205 cm³/mol. The van der Waals surface area contributed by atoms with Crippen molar-refractivity contribution in [3.05, 3.63) is 38.0 Å². The fourth-order valence-corrected chi connectivity index (χ4v) is 9.71. The van der Waals surface area contributed by atoms with Gasteiger partial charge in [0.25, 0.3) is 23.5 Å². The highest BCUT2D eigenvalue weighted by molar-refractivity contribution is 7.46. The van der Waals surface area contributed by atoms with Gasteiger partial charge in [0.1, 0.15) is 66.1 Å².